The molecule has 0 fully saturated rings. The van der Waals surface area contributed by atoms with E-state index in [4.69, 9.17) is 4.74 Å². The lowest BCUT2D eigenvalue weighted by Gasteiger charge is -2.10. The predicted molar refractivity (Wildman–Crippen MR) is 78.2 cm³/mol. The monoisotopic (exact) mass is 303 g/mol. The summed E-state index contributed by atoms with van der Waals surface area (Å²) in [7, 11) is -2.99. The zero-order valence-corrected chi connectivity index (χ0v) is 13.0. The second kappa shape index (κ2) is 7.59. The van der Waals surface area contributed by atoms with Crippen molar-refractivity contribution in [3.8, 4) is 5.75 Å². The summed E-state index contributed by atoms with van der Waals surface area (Å²) in [6.45, 7) is 4.84. The van der Waals surface area contributed by atoms with E-state index in [9.17, 15) is 12.8 Å². The highest BCUT2D eigenvalue weighted by atomic mass is 32.2. The Morgan fingerprint density at radius 3 is 2.60 bits per heavy atom. The van der Waals surface area contributed by atoms with Gasteiger partial charge >= 0.3 is 0 Å². The maximum atomic E-state index is 13.8. The average molecular weight is 303 g/mol. The van der Waals surface area contributed by atoms with Gasteiger partial charge in [-0.2, -0.15) is 0 Å². The zero-order valence-electron chi connectivity index (χ0n) is 12.1. The van der Waals surface area contributed by atoms with Crippen LogP contribution in [0.4, 0.5) is 4.39 Å². The normalized spacial score (nSPS) is 11.8. The molecular weight excluding hydrogens is 281 g/mol. The fourth-order valence-electron chi connectivity index (χ4n) is 1.60. The number of benzene rings is 1. The van der Waals surface area contributed by atoms with Crippen molar-refractivity contribution in [2.45, 2.75) is 32.9 Å². The van der Waals surface area contributed by atoms with Gasteiger partial charge in [0, 0.05) is 18.8 Å². The number of hydrogen-bond acceptors (Lipinski definition) is 4. The van der Waals surface area contributed by atoms with Crippen LogP contribution in [0, 0.1) is 5.82 Å². The molecule has 1 rings (SSSR count). The molecule has 1 N–H and O–H groups in total. The Balaban J connectivity index is 2.47. The molecule has 0 unspecified atom stereocenters. The number of sulfone groups is 1. The van der Waals surface area contributed by atoms with Gasteiger partial charge in [-0.15, -0.1) is 0 Å². The lowest BCUT2D eigenvalue weighted by atomic mass is 10.2. The molecule has 20 heavy (non-hydrogen) atoms. The lowest BCUT2D eigenvalue weighted by Crippen LogP contribution is -2.21. The first-order valence-electron chi connectivity index (χ1n) is 6.60. The Morgan fingerprint density at radius 2 is 2.05 bits per heavy atom. The largest absolute Gasteiger partial charge is 0.490 e. The van der Waals surface area contributed by atoms with Crippen molar-refractivity contribution in [1.29, 1.82) is 0 Å². The van der Waals surface area contributed by atoms with Crippen molar-refractivity contribution >= 4 is 9.84 Å². The summed E-state index contributed by atoms with van der Waals surface area (Å²) in [5.41, 5.74) is 0.847. The smallest absolute Gasteiger partial charge is 0.165 e. The highest BCUT2D eigenvalue weighted by Gasteiger charge is 2.07. The van der Waals surface area contributed by atoms with E-state index in [-0.39, 0.29) is 18.1 Å². The molecule has 6 heteroatoms. The lowest BCUT2D eigenvalue weighted by molar-refractivity contribution is 0.301. The molecule has 0 aromatic heterocycles. The van der Waals surface area contributed by atoms with Crippen LogP contribution in [0.2, 0.25) is 0 Å². The molecule has 0 amide bonds. The standard InChI is InChI=1S/C14H22FNO3S/c1-11(2)16-10-12-5-6-14(13(15)9-12)19-7-4-8-20(3,17)18/h5-6,9,11,16H,4,7-8,10H2,1-3H3. The average Bonchev–Trinajstić information content (AvgIpc) is 2.32. The SMILES string of the molecule is CC(C)NCc1ccc(OCCCS(C)(=O)=O)c(F)c1. The summed E-state index contributed by atoms with van der Waals surface area (Å²) < 4.78 is 40.9. The Kier molecular flexibility index (Phi) is 6.42. The van der Waals surface area contributed by atoms with Crippen LogP contribution in [0.5, 0.6) is 5.75 Å². The molecule has 0 saturated heterocycles. The predicted octanol–water partition coefficient (Wildman–Crippen LogP) is 2.14. The Hall–Kier alpha value is -1.14. The fraction of sp³-hybridized carbons (Fsp3) is 0.571. The number of halogens is 1. The Labute approximate surface area is 120 Å². The van der Waals surface area contributed by atoms with Crippen molar-refractivity contribution in [1.82, 2.24) is 5.32 Å². The van der Waals surface area contributed by atoms with Crippen molar-refractivity contribution in [2.75, 3.05) is 18.6 Å². The maximum Gasteiger partial charge on any atom is 0.165 e. The van der Waals surface area contributed by atoms with Crippen molar-refractivity contribution < 1.29 is 17.5 Å². The van der Waals surface area contributed by atoms with Gasteiger partial charge in [-0.05, 0) is 24.1 Å². The minimum atomic E-state index is -2.99. The molecule has 0 spiro atoms. The first-order valence-corrected chi connectivity index (χ1v) is 8.66. The Morgan fingerprint density at radius 1 is 1.35 bits per heavy atom. The molecular formula is C14H22FNO3S. The van der Waals surface area contributed by atoms with E-state index in [0.717, 1.165) is 5.56 Å². The zero-order chi connectivity index (χ0) is 15.2. The summed E-state index contributed by atoms with van der Waals surface area (Å²) in [5, 5.41) is 3.20. The first-order chi connectivity index (χ1) is 9.28. The van der Waals surface area contributed by atoms with Gasteiger partial charge in [0.15, 0.2) is 11.6 Å². The van der Waals surface area contributed by atoms with E-state index in [1.54, 1.807) is 12.1 Å². The van der Waals surface area contributed by atoms with Crippen molar-refractivity contribution in [3.63, 3.8) is 0 Å². The molecule has 0 radical (unpaired) electrons. The second-order valence-electron chi connectivity index (χ2n) is 5.13. The summed E-state index contributed by atoms with van der Waals surface area (Å²) in [6, 6.07) is 5.14. The molecule has 0 aliphatic rings. The molecule has 1 aromatic rings. The highest BCUT2D eigenvalue weighted by Crippen LogP contribution is 2.18. The number of ether oxygens (including phenoxy) is 1. The quantitative estimate of drug-likeness (QED) is 0.748. The molecule has 0 aliphatic carbocycles. The van der Waals surface area contributed by atoms with E-state index in [1.165, 1.54) is 12.3 Å². The van der Waals surface area contributed by atoms with Gasteiger partial charge in [-0.1, -0.05) is 19.9 Å². The van der Waals surface area contributed by atoms with E-state index in [0.29, 0.717) is 19.0 Å². The summed E-state index contributed by atoms with van der Waals surface area (Å²) >= 11 is 0. The third kappa shape index (κ3) is 6.86. The second-order valence-corrected chi connectivity index (χ2v) is 7.39. The first kappa shape index (κ1) is 16.9. The number of hydrogen-bond donors (Lipinski definition) is 1. The van der Waals surface area contributed by atoms with E-state index < -0.39 is 15.7 Å². The van der Waals surface area contributed by atoms with Crippen LogP contribution in [0.15, 0.2) is 18.2 Å². The number of rotatable bonds is 8. The van der Waals surface area contributed by atoms with Gasteiger partial charge in [0.05, 0.1) is 12.4 Å². The summed E-state index contributed by atoms with van der Waals surface area (Å²) in [5.74, 6) is -0.218. The minimum absolute atomic E-state index is 0.0466. The van der Waals surface area contributed by atoms with E-state index >= 15 is 0 Å². The van der Waals surface area contributed by atoms with Crippen LogP contribution in [0.25, 0.3) is 0 Å². The molecule has 0 atom stereocenters. The number of nitrogens with one attached hydrogen (secondary N) is 1. The van der Waals surface area contributed by atoms with Gasteiger partial charge in [0.1, 0.15) is 9.84 Å². The van der Waals surface area contributed by atoms with Crippen LogP contribution in [0.1, 0.15) is 25.8 Å². The van der Waals surface area contributed by atoms with Gasteiger partial charge in [0.2, 0.25) is 0 Å². The fourth-order valence-corrected chi connectivity index (χ4v) is 2.24. The van der Waals surface area contributed by atoms with Crippen LogP contribution < -0.4 is 10.1 Å². The topological polar surface area (TPSA) is 55.4 Å². The van der Waals surface area contributed by atoms with Gasteiger partial charge in [-0.25, -0.2) is 12.8 Å². The maximum absolute atomic E-state index is 13.8. The third-order valence-electron chi connectivity index (χ3n) is 2.63. The van der Waals surface area contributed by atoms with Crippen LogP contribution >= 0.6 is 0 Å². The van der Waals surface area contributed by atoms with E-state index in [1.807, 2.05) is 13.8 Å². The van der Waals surface area contributed by atoms with Crippen LogP contribution in [-0.4, -0.2) is 33.1 Å². The van der Waals surface area contributed by atoms with E-state index in [2.05, 4.69) is 5.32 Å². The molecule has 0 aliphatic heterocycles. The minimum Gasteiger partial charge on any atom is -0.490 e. The van der Waals surface area contributed by atoms with Gasteiger partial charge in [-0.3, -0.25) is 0 Å². The molecule has 0 bridgehead atoms. The van der Waals surface area contributed by atoms with Gasteiger partial charge in [0.25, 0.3) is 0 Å². The molecule has 114 valence electrons. The highest BCUT2D eigenvalue weighted by molar-refractivity contribution is 7.90. The molecule has 4 nitrogen and oxygen atoms in total. The van der Waals surface area contributed by atoms with Crippen LogP contribution in [0.3, 0.4) is 0 Å². The summed E-state index contributed by atoms with van der Waals surface area (Å²) in [4.78, 5) is 0. The molecule has 1 aromatic carbocycles. The van der Waals surface area contributed by atoms with Crippen LogP contribution in [-0.2, 0) is 16.4 Å². The van der Waals surface area contributed by atoms with Crippen molar-refractivity contribution in [3.05, 3.63) is 29.6 Å². The molecule has 0 heterocycles. The Bertz CT molecular complexity index is 529. The molecule has 0 saturated carbocycles. The van der Waals surface area contributed by atoms with Gasteiger partial charge < -0.3 is 10.1 Å². The third-order valence-corrected chi connectivity index (χ3v) is 3.66. The summed E-state index contributed by atoms with van der Waals surface area (Å²) in [6.07, 6.45) is 1.53. The van der Waals surface area contributed by atoms with Crippen molar-refractivity contribution in [2.24, 2.45) is 0 Å².